The van der Waals surface area contributed by atoms with Gasteiger partial charge in [-0.05, 0) is 74.0 Å². The Hall–Kier alpha value is 0.940. The third-order valence-electron chi connectivity index (χ3n) is 8.78. The molecule has 4 fully saturated rings. The van der Waals surface area contributed by atoms with Gasteiger partial charge in [0.25, 0.3) is 0 Å². The first-order valence-electron chi connectivity index (χ1n) is 9.37. The van der Waals surface area contributed by atoms with Crippen molar-refractivity contribution in [2.45, 2.75) is 78.5 Å². The van der Waals surface area contributed by atoms with Crippen LogP contribution in [0, 0.1) is 22.7 Å². The molecule has 6 atom stereocenters. The Bertz CT molecular complexity index is 580. The summed E-state index contributed by atoms with van der Waals surface area (Å²) >= 11 is 0.0344. The van der Waals surface area contributed by atoms with Crippen molar-refractivity contribution in [2.75, 3.05) is 0 Å². The highest BCUT2D eigenvalue weighted by molar-refractivity contribution is 14.2. The van der Waals surface area contributed by atoms with Crippen LogP contribution in [0.3, 0.4) is 0 Å². The van der Waals surface area contributed by atoms with Crippen molar-refractivity contribution in [3.63, 3.8) is 0 Å². The standard InChI is InChI=1S/C21H32I2/c1-15-13-19-11-12-20(22-4)16(2)7-6-9-18(20,3)21(19,23-5)10-8-17(15)14-19/h16-17H,1,4-14H2,2-3H3/t16-,17+,18+,19+,20?,21+/m0/s1. The van der Waals surface area contributed by atoms with Gasteiger partial charge < -0.3 is 0 Å². The maximum atomic E-state index is 4.72. The van der Waals surface area contributed by atoms with Gasteiger partial charge in [-0.1, -0.05) is 41.4 Å². The molecule has 0 radical (unpaired) electrons. The summed E-state index contributed by atoms with van der Waals surface area (Å²) in [6.07, 6.45) is 13.1. The molecule has 4 aliphatic rings. The molecule has 4 aliphatic carbocycles. The minimum absolute atomic E-state index is 0.000819. The van der Waals surface area contributed by atoms with Crippen LogP contribution >= 0.6 is 41.5 Å². The Morgan fingerprint density at radius 1 is 1.04 bits per heavy atom. The van der Waals surface area contributed by atoms with Crippen molar-refractivity contribution < 1.29 is 0 Å². The molecule has 2 bridgehead atoms. The molecule has 130 valence electrons. The number of alkyl halides is 2. The van der Waals surface area contributed by atoms with Crippen LogP contribution in [0.5, 0.6) is 0 Å². The quantitative estimate of drug-likeness (QED) is 0.210. The summed E-state index contributed by atoms with van der Waals surface area (Å²) in [6, 6.07) is 0. The Morgan fingerprint density at radius 2 is 1.83 bits per heavy atom. The van der Waals surface area contributed by atoms with Gasteiger partial charge in [-0.2, -0.15) is 0 Å². The highest BCUT2D eigenvalue weighted by Gasteiger charge is 2.73. The fraction of sp³-hybridized carbons (Fsp3) is 0.810. The van der Waals surface area contributed by atoms with Crippen LogP contribution in [0.1, 0.15) is 71.6 Å². The van der Waals surface area contributed by atoms with E-state index in [0.29, 0.717) is 17.7 Å². The molecule has 1 unspecified atom stereocenters. The Labute approximate surface area is 162 Å². The predicted molar refractivity (Wildman–Crippen MR) is 122 cm³/mol. The molecular formula is C21H32I2. The SMILES string of the molecule is C=IC12CC[C@]34CC(=C)[C@H](CC[C@@]3(I=C)[C@]1(C)CCC[C@@H]2C)C4. The third-order valence-corrected chi connectivity index (χ3v) is 17.1. The van der Waals surface area contributed by atoms with E-state index in [4.69, 9.17) is 4.51 Å². The molecule has 0 N–H and O–H groups in total. The number of allylic oxidation sites excluding steroid dienone is 1. The van der Waals surface area contributed by atoms with E-state index in [9.17, 15) is 0 Å². The zero-order valence-corrected chi connectivity index (χ0v) is 19.2. The van der Waals surface area contributed by atoms with Crippen LogP contribution in [0.25, 0.3) is 0 Å². The van der Waals surface area contributed by atoms with Crippen molar-refractivity contribution in [3.8, 4) is 0 Å². The lowest BCUT2D eigenvalue weighted by Gasteiger charge is -2.71. The zero-order chi connectivity index (χ0) is 16.5. The summed E-state index contributed by atoms with van der Waals surface area (Å²) in [5.74, 6) is 1.75. The van der Waals surface area contributed by atoms with Gasteiger partial charge in [0.15, 0.2) is 0 Å². The van der Waals surface area contributed by atoms with Crippen LogP contribution in [-0.4, -0.2) is 15.9 Å². The molecule has 0 aromatic heterocycles. The number of halogens is 2. The van der Waals surface area contributed by atoms with Crippen LogP contribution in [-0.2, 0) is 0 Å². The lowest BCUT2D eigenvalue weighted by molar-refractivity contribution is -0.0607. The molecule has 0 aromatic rings. The normalized spacial score (nSPS) is 55.3. The van der Waals surface area contributed by atoms with Crippen molar-refractivity contribution >= 4 is 50.5 Å². The fourth-order valence-corrected chi connectivity index (χ4v) is 15.3. The van der Waals surface area contributed by atoms with E-state index in [0.717, 1.165) is 11.8 Å². The molecule has 23 heavy (non-hydrogen) atoms. The van der Waals surface area contributed by atoms with Crippen molar-refractivity contribution in [1.29, 1.82) is 0 Å². The maximum Gasteiger partial charge on any atom is 0.0295 e. The third kappa shape index (κ3) is 1.84. The van der Waals surface area contributed by atoms with Gasteiger partial charge in [0, 0.05) is 6.84 Å². The minimum atomic E-state index is 0.000819. The average molecular weight is 538 g/mol. The Morgan fingerprint density at radius 3 is 2.52 bits per heavy atom. The van der Waals surface area contributed by atoms with E-state index in [-0.39, 0.29) is 41.5 Å². The van der Waals surface area contributed by atoms with Crippen molar-refractivity contribution in [1.82, 2.24) is 0 Å². The summed E-state index contributed by atoms with van der Waals surface area (Å²) in [5.41, 5.74) is 2.74. The molecule has 0 nitrogen and oxygen atoms in total. The molecule has 1 spiro atoms. The number of rotatable bonds is 2. The maximum absolute atomic E-state index is 4.72. The van der Waals surface area contributed by atoms with Gasteiger partial charge in [0.2, 0.25) is 0 Å². The molecule has 0 heterocycles. The fourth-order valence-electron chi connectivity index (χ4n) is 7.68. The molecule has 0 aliphatic heterocycles. The largest absolute Gasteiger partial charge is 0.123 e. The summed E-state index contributed by atoms with van der Waals surface area (Å²) in [6.45, 7) is 9.83. The zero-order valence-electron chi connectivity index (χ0n) is 14.9. The van der Waals surface area contributed by atoms with E-state index in [1.54, 1.807) is 5.57 Å². The minimum Gasteiger partial charge on any atom is -0.123 e. The highest BCUT2D eigenvalue weighted by Crippen LogP contribution is 2.79. The average Bonchev–Trinajstić information content (AvgIpc) is 2.80. The molecular weight excluding hydrogens is 506 g/mol. The van der Waals surface area contributed by atoms with Gasteiger partial charge in [0.1, 0.15) is 0 Å². The lowest BCUT2D eigenvalue weighted by Crippen LogP contribution is -2.69. The molecule has 4 rings (SSSR count). The second kappa shape index (κ2) is 5.47. The van der Waals surface area contributed by atoms with E-state index in [1.807, 2.05) is 0 Å². The summed E-state index contributed by atoms with van der Waals surface area (Å²) in [4.78, 5) is 0. The van der Waals surface area contributed by atoms with Crippen molar-refractivity contribution in [2.24, 2.45) is 22.7 Å². The first-order chi connectivity index (χ1) is 10.9. The molecule has 2 heteroatoms. The summed E-state index contributed by atoms with van der Waals surface area (Å²) in [7, 11) is 0. The number of hydrogen-bond donors (Lipinski definition) is 0. The highest BCUT2D eigenvalue weighted by atomic mass is 127. The summed E-state index contributed by atoms with van der Waals surface area (Å²) in [5, 5.41) is 0. The van der Waals surface area contributed by atoms with E-state index >= 15 is 0 Å². The topological polar surface area (TPSA) is 0 Å². The van der Waals surface area contributed by atoms with Gasteiger partial charge in [-0.25, -0.2) is 0 Å². The second-order valence-corrected chi connectivity index (χ2v) is 14.4. The molecule has 0 saturated heterocycles. The Kier molecular flexibility index (Phi) is 4.13. The van der Waals surface area contributed by atoms with Gasteiger partial charge >= 0.3 is 0 Å². The first kappa shape index (κ1) is 17.4. The lowest BCUT2D eigenvalue weighted by atomic mass is 9.43. The van der Waals surface area contributed by atoms with Crippen molar-refractivity contribution in [3.05, 3.63) is 12.2 Å². The van der Waals surface area contributed by atoms with Gasteiger partial charge in [-0.3, -0.25) is 0 Å². The number of hydrogen-bond acceptors (Lipinski definition) is 0. The molecule has 4 saturated carbocycles. The second-order valence-electron chi connectivity index (χ2n) is 9.11. The number of fused-ring (bicyclic) bond motifs is 3. The smallest absolute Gasteiger partial charge is 0.0295 e. The molecule has 0 amide bonds. The van der Waals surface area contributed by atoms with Crippen LogP contribution < -0.4 is 0 Å². The predicted octanol–water partition coefficient (Wildman–Crippen LogP) is 6.64. The first-order valence-corrected chi connectivity index (χ1v) is 14.6. The van der Waals surface area contributed by atoms with Gasteiger partial charge in [-0.15, -0.1) is 41.5 Å². The molecule has 0 aromatic carbocycles. The van der Waals surface area contributed by atoms with E-state index < -0.39 is 0 Å². The van der Waals surface area contributed by atoms with Gasteiger partial charge in [0.05, 0.1) is 0 Å². The monoisotopic (exact) mass is 538 g/mol. The van der Waals surface area contributed by atoms with Crippen LogP contribution in [0.15, 0.2) is 12.2 Å². The van der Waals surface area contributed by atoms with E-state index in [1.165, 1.54) is 57.8 Å². The summed E-state index contributed by atoms with van der Waals surface area (Å²) < 4.78 is 10.5. The van der Waals surface area contributed by atoms with Crippen LogP contribution in [0.4, 0.5) is 0 Å². The Balaban J connectivity index is 1.93. The van der Waals surface area contributed by atoms with E-state index in [2.05, 4.69) is 24.9 Å². The van der Waals surface area contributed by atoms with Crippen LogP contribution in [0.2, 0.25) is 0 Å².